The van der Waals surface area contributed by atoms with E-state index in [4.69, 9.17) is 0 Å². The van der Waals surface area contributed by atoms with E-state index < -0.39 is 23.1 Å². The van der Waals surface area contributed by atoms with Crippen molar-refractivity contribution in [2.75, 3.05) is 12.4 Å². The van der Waals surface area contributed by atoms with Crippen LogP contribution in [0.4, 0.5) is 10.2 Å². The van der Waals surface area contributed by atoms with Crippen molar-refractivity contribution < 1.29 is 19.1 Å². The number of aromatic nitrogens is 2. The van der Waals surface area contributed by atoms with Crippen LogP contribution in [-0.4, -0.2) is 39.1 Å². The number of carboxylic acid groups (broad SMARTS) is 1. The highest BCUT2D eigenvalue weighted by Gasteiger charge is 3.10. The Morgan fingerprint density at radius 3 is 2.47 bits per heavy atom. The van der Waals surface area contributed by atoms with Gasteiger partial charge in [-0.1, -0.05) is 6.08 Å². The summed E-state index contributed by atoms with van der Waals surface area (Å²) in [7, 11) is 1.76. The van der Waals surface area contributed by atoms with Crippen LogP contribution in [0, 0.1) is 64.0 Å². The number of benzene rings is 1. The highest BCUT2D eigenvalue weighted by Crippen LogP contribution is 3.09. The summed E-state index contributed by atoms with van der Waals surface area (Å²) in [6.07, 6.45) is 2.20. The number of carboxylic acids is 1. The molecule has 0 bridgehead atoms. The number of nitrogens with one attached hydrogen (secondary N) is 2. The molecule has 4 aliphatic carbocycles. The molecule has 1 amide bonds. The van der Waals surface area contributed by atoms with Crippen molar-refractivity contribution >= 4 is 28.6 Å². The lowest BCUT2D eigenvalue weighted by molar-refractivity contribution is -0.141. The first-order chi connectivity index (χ1) is 18.1. The maximum Gasteiger partial charge on any atom is 0.315 e. The van der Waals surface area contributed by atoms with Crippen LogP contribution >= 0.6 is 0 Å². The van der Waals surface area contributed by atoms with E-state index in [1.54, 1.807) is 38.8 Å². The molecule has 10 heteroatoms. The molecule has 0 radical (unpaired) electrons. The lowest BCUT2D eigenvalue weighted by Crippen LogP contribution is -2.45. The largest absolute Gasteiger partial charge is 0.481 e. The maximum atomic E-state index is 15.8. The van der Waals surface area contributed by atoms with Crippen molar-refractivity contribution in [3.63, 3.8) is 0 Å². The summed E-state index contributed by atoms with van der Waals surface area (Å²) >= 11 is 0. The van der Waals surface area contributed by atoms with Crippen molar-refractivity contribution in [1.82, 2.24) is 15.1 Å². The third kappa shape index (κ3) is 2.13. The van der Waals surface area contributed by atoms with Gasteiger partial charge < -0.3 is 15.3 Å². The molecule has 7 rings (SSSR count). The Balaban J connectivity index is 1.22. The van der Waals surface area contributed by atoms with Gasteiger partial charge in [-0.05, 0) is 50.2 Å². The first-order valence-electron chi connectivity index (χ1n) is 12.5. The zero-order chi connectivity index (χ0) is 27.0. The second kappa shape index (κ2) is 6.70. The van der Waals surface area contributed by atoms with E-state index in [-0.39, 0.29) is 63.6 Å². The van der Waals surface area contributed by atoms with E-state index in [0.29, 0.717) is 22.3 Å². The van der Waals surface area contributed by atoms with Gasteiger partial charge in [-0.15, -0.1) is 0 Å². The van der Waals surface area contributed by atoms with Crippen molar-refractivity contribution in [3.8, 4) is 12.1 Å². The summed E-state index contributed by atoms with van der Waals surface area (Å²) in [4.78, 5) is 26.6. The Bertz CT molecular complexity index is 1710. The number of nitrogens with zero attached hydrogens (tertiary/aromatic N) is 4. The molecule has 3 saturated carbocycles. The number of allylic oxidation sites excluding steroid dienone is 5. The number of fused-ring (bicyclic) bond motifs is 3. The molecule has 2 heterocycles. The Morgan fingerprint density at radius 1 is 1.24 bits per heavy atom. The minimum absolute atomic E-state index is 0.000347. The maximum absolute atomic E-state index is 15.8. The third-order valence-corrected chi connectivity index (χ3v) is 10.1. The molecular weight excluding hydrogens is 487 g/mol. The number of rotatable bonds is 5. The van der Waals surface area contributed by atoms with Crippen LogP contribution in [0.25, 0.3) is 10.9 Å². The van der Waals surface area contributed by atoms with E-state index >= 15 is 4.39 Å². The van der Waals surface area contributed by atoms with Gasteiger partial charge in [-0.25, -0.2) is 4.39 Å². The molecule has 0 saturated heterocycles. The number of aryl methyl sites for hydroxylation is 1. The number of H-pyrrole nitrogens is 1. The zero-order valence-corrected chi connectivity index (χ0v) is 21.1. The van der Waals surface area contributed by atoms with Crippen LogP contribution in [0.15, 0.2) is 40.3 Å². The molecule has 5 unspecified atom stereocenters. The topological polar surface area (TPSA) is 146 Å². The smallest absolute Gasteiger partial charge is 0.315 e. The number of nitriles is 2. The molecule has 38 heavy (non-hydrogen) atoms. The number of hydrogen-bond donors (Lipinski definition) is 3. The second-order valence-corrected chi connectivity index (χ2v) is 11.1. The standard InChI is InChI=1S/C28H23FN6O3/c1-10-22(29)14(21-16(8-30)11(2)35(4)12(3)17(21)9-31)5-15-23(10)33-34-25(15)32-20(36)6-13-18-7-19-27(18)24(13)28(19,27)26(37)38/h5,7,13,18,21,24H,6H2,1-4H3,(H,37,38)(H2,32,33,34,36). The molecule has 1 aliphatic heterocycles. The third-order valence-electron chi connectivity index (χ3n) is 10.1. The number of halogens is 1. The van der Waals surface area contributed by atoms with Crippen LogP contribution in [-0.2, 0) is 9.59 Å². The average molecular weight is 511 g/mol. The minimum Gasteiger partial charge on any atom is -0.481 e. The molecule has 2 aromatic rings. The SMILES string of the molecule is CC1=C(C#N)C(c2cc3c(NC(=O)CC4C5C=C6C7(C(=O)O)C4C657)n[nH]c3c(C)c2F)C(C#N)=C(C)N1C. The number of carbonyl (C=O) groups excluding carboxylic acids is 1. The van der Waals surface area contributed by atoms with Gasteiger partial charge in [0.15, 0.2) is 5.82 Å². The van der Waals surface area contributed by atoms with E-state index in [1.807, 2.05) is 6.08 Å². The highest BCUT2D eigenvalue weighted by molar-refractivity contribution is 6.04. The molecule has 5 atom stereocenters. The number of amides is 1. The average Bonchev–Trinajstić information content (AvgIpc) is 3.60. The highest BCUT2D eigenvalue weighted by atomic mass is 19.1. The first kappa shape index (κ1) is 22.7. The number of aliphatic carboxylic acids is 1. The lowest BCUT2D eigenvalue weighted by atomic mass is 9.55. The van der Waals surface area contributed by atoms with Gasteiger partial charge in [0.2, 0.25) is 5.91 Å². The molecule has 1 aromatic heterocycles. The molecule has 190 valence electrons. The number of anilines is 1. The predicted molar refractivity (Wildman–Crippen MR) is 132 cm³/mol. The molecule has 3 fully saturated rings. The van der Waals surface area contributed by atoms with Crippen LogP contribution in [0.3, 0.4) is 0 Å². The summed E-state index contributed by atoms with van der Waals surface area (Å²) in [6, 6.07) is 5.89. The Hall–Kier alpha value is -4.44. The molecular formula is C28H23FN6O3. The van der Waals surface area contributed by atoms with Gasteiger partial charge in [0, 0.05) is 46.8 Å². The van der Waals surface area contributed by atoms with Crippen LogP contribution in [0.5, 0.6) is 0 Å². The molecule has 1 spiro atoms. The molecule has 1 aromatic carbocycles. The number of aromatic amines is 1. The second-order valence-electron chi connectivity index (χ2n) is 11.1. The van der Waals surface area contributed by atoms with Crippen molar-refractivity contribution in [2.45, 2.75) is 33.1 Å². The van der Waals surface area contributed by atoms with E-state index in [2.05, 4.69) is 27.7 Å². The fraction of sp³-hybridized carbons (Fsp3) is 0.393. The minimum atomic E-state index is -0.887. The summed E-state index contributed by atoms with van der Waals surface area (Å²) in [5, 5.41) is 39.9. The number of hydrogen-bond acceptors (Lipinski definition) is 6. The van der Waals surface area contributed by atoms with Crippen molar-refractivity contribution in [1.29, 1.82) is 10.5 Å². The Morgan fingerprint density at radius 2 is 1.89 bits per heavy atom. The van der Waals surface area contributed by atoms with Crippen LogP contribution in [0.1, 0.15) is 37.3 Å². The summed E-state index contributed by atoms with van der Waals surface area (Å²) in [5.41, 5.74) is 2.88. The Labute approximate surface area is 216 Å². The fourth-order valence-corrected chi connectivity index (χ4v) is 8.09. The normalized spacial score (nSPS) is 31.9. The summed E-state index contributed by atoms with van der Waals surface area (Å²) in [6.45, 7) is 5.11. The molecule has 3 N–H and O–H groups in total. The monoisotopic (exact) mass is 510 g/mol. The van der Waals surface area contributed by atoms with Gasteiger partial charge in [0.25, 0.3) is 0 Å². The van der Waals surface area contributed by atoms with Crippen molar-refractivity contribution in [3.05, 3.63) is 57.2 Å². The van der Waals surface area contributed by atoms with Crippen molar-refractivity contribution in [2.24, 2.45) is 28.6 Å². The van der Waals surface area contributed by atoms with Gasteiger partial charge in [-0.3, -0.25) is 14.7 Å². The zero-order valence-electron chi connectivity index (χ0n) is 21.1. The molecule has 9 nitrogen and oxygen atoms in total. The van der Waals surface area contributed by atoms with E-state index in [9.17, 15) is 25.2 Å². The summed E-state index contributed by atoms with van der Waals surface area (Å²) < 4.78 is 15.8. The van der Waals surface area contributed by atoms with Gasteiger partial charge in [0.05, 0.1) is 34.7 Å². The van der Waals surface area contributed by atoms with Gasteiger partial charge in [0.1, 0.15) is 11.2 Å². The first-order valence-corrected chi connectivity index (χ1v) is 12.5. The fourth-order valence-electron chi connectivity index (χ4n) is 8.09. The van der Waals surface area contributed by atoms with Crippen LogP contribution < -0.4 is 5.32 Å². The van der Waals surface area contributed by atoms with E-state index in [1.165, 1.54) is 0 Å². The van der Waals surface area contributed by atoms with Gasteiger partial charge >= 0.3 is 5.97 Å². The van der Waals surface area contributed by atoms with Crippen LogP contribution in [0.2, 0.25) is 0 Å². The van der Waals surface area contributed by atoms with Gasteiger partial charge in [-0.2, -0.15) is 15.6 Å². The number of carbonyl (C=O) groups is 2. The Kier molecular flexibility index (Phi) is 4.01. The predicted octanol–water partition coefficient (Wildman–Crippen LogP) is 3.85. The molecule has 5 aliphatic rings. The summed E-state index contributed by atoms with van der Waals surface area (Å²) in [5.74, 6) is -2.06. The quantitative estimate of drug-likeness (QED) is 0.518. The lowest BCUT2D eigenvalue weighted by Gasteiger charge is -2.48. The van der Waals surface area contributed by atoms with E-state index in [0.717, 1.165) is 5.57 Å².